The van der Waals surface area contributed by atoms with E-state index in [1.807, 2.05) is 12.1 Å². The van der Waals surface area contributed by atoms with Crippen molar-refractivity contribution in [3.05, 3.63) is 33.4 Å². The van der Waals surface area contributed by atoms with Gasteiger partial charge in [0.15, 0.2) is 0 Å². The lowest BCUT2D eigenvalue weighted by molar-refractivity contribution is 0.422. The summed E-state index contributed by atoms with van der Waals surface area (Å²) in [7, 11) is 0. The summed E-state index contributed by atoms with van der Waals surface area (Å²) < 4.78 is 1.19. The van der Waals surface area contributed by atoms with Crippen molar-refractivity contribution in [2.24, 2.45) is 17.4 Å². The molecule has 0 aliphatic carbocycles. The smallest absolute Gasteiger partial charge is 0.0461 e. The molecule has 0 saturated heterocycles. The zero-order valence-corrected chi connectivity index (χ0v) is 10.7. The van der Waals surface area contributed by atoms with Gasteiger partial charge in [0, 0.05) is 15.7 Å². The molecule has 2 unspecified atom stereocenters. The van der Waals surface area contributed by atoms with E-state index in [0.29, 0.717) is 5.92 Å². The normalized spacial score (nSPS) is 15.6. The second-order valence-electron chi connectivity index (χ2n) is 3.87. The lowest BCUT2D eigenvalue weighted by Gasteiger charge is -2.24. The van der Waals surface area contributed by atoms with Gasteiger partial charge in [0.2, 0.25) is 0 Å². The van der Waals surface area contributed by atoms with Crippen LogP contribution in [-0.2, 0) is 0 Å². The molecule has 0 aromatic heterocycles. The fourth-order valence-electron chi connectivity index (χ4n) is 1.37. The van der Waals surface area contributed by atoms with Gasteiger partial charge in [-0.15, -0.1) is 0 Å². The molecule has 1 aromatic rings. The zero-order valence-electron chi connectivity index (χ0n) is 8.57. The third-order valence-corrected chi connectivity index (χ3v) is 3.43. The second-order valence-corrected chi connectivity index (χ2v) is 5.03. The molecule has 0 amide bonds. The van der Waals surface area contributed by atoms with Crippen LogP contribution in [0, 0.1) is 9.49 Å². The molecule has 0 bridgehead atoms. The summed E-state index contributed by atoms with van der Waals surface area (Å²) >= 11 is 2.30. The summed E-state index contributed by atoms with van der Waals surface area (Å²) in [6.45, 7) is 4.20. The van der Waals surface area contributed by atoms with E-state index in [2.05, 4.69) is 48.6 Å². The molecule has 3 heteroatoms. The Labute approximate surface area is 99.2 Å². The van der Waals surface area contributed by atoms with Crippen LogP contribution in [0.5, 0.6) is 0 Å². The predicted molar refractivity (Wildman–Crippen MR) is 68.9 cm³/mol. The molecule has 78 valence electrons. The summed E-state index contributed by atoms with van der Waals surface area (Å²) in [5, 5.41) is 0. The highest BCUT2D eigenvalue weighted by atomic mass is 127. The van der Waals surface area contributed by atoms with Crippen LogP contribution in [0.2, 0.25) is 0 Å². The quantitative estimate of drug-likeness (QED) is 0.842. The zero-order chi connectivity index (χ0) is 10.7. The highest BCUT2D eigenvalue weighted by Gasteiger charge is 2.19. The first-order valence-corrected chi connectivity index (χ1v) is 5.87. The van der Waals surface area contributed by atoms with Crippen molar-refractivity contribution in [2.45, 2.75) is 25.9 Å². The van der Waals surface area contributed by atoms with Gasteiger partial charge in [-0.2, -0.15) is 0 Å². The number of hydrogen-bond acceptors (Lipinski definition) is 2. The number of rotatable bonds is 3. The molecule has 0 radical (unpaired) electrons. The Morgan fingerprint density at radius 1 is 1.14 bits per heavy atom. The predicted octanol–water partition coefficient (Wildman–Crippen LogP) is 2.27. The molecule has 4 N–H and O–H groups in total. The molecule has 0 fully saturated rings. The molecule has 14 heavy (non-hydrogen) atoms. The minimum Gasteiger partial charge on any atom is -0.326 e. The Morgan fingerprint density at radius 2 is 1.71 bits per heavy atom. The van der Waals surface area contributed by atoms with Crippen molar-refractivity contribution in [2.75, 3.05) is 0 Å². The first-order chi connectivity index (χ1) is 6.54. The van der Waals surface area contributed by atoms with E-state index in [4.69, 9.17) is 11.5 Å². The van der Waals surface area contributed by atoms with Crippen molar-refractivity contribution in [1.29, 1.82) is 0 Å². The fourth-order valence-corrected chi connectivity index (χ4v) is 2.11. The van der Waals surface area contributed by atoms with Crippen molar-refractivity contribution < 1.29 is 0 Å². The maximum absolute atomic E-state index is 6.11. The summed E-state index contributed by atoms with van der Waals surface area (Å²) in [6.07, 6.45) is 0. The Hall–Kier alpha value is -0.130. The minimum atomic E-state index is -0.0666. The van der Waals surface area contributed by atoms with E-state index < -0.39 is 0 Å². The van der Waals surface area contributed by atoms with Gasteiger partial charge in [0.1, 0.15) is 0 Å². The van der Waals surface area contributed by atoms with Gasteiger partial charge in [-0.05, 0) is 40.1 Å². The second kappa shape index (κ2) is 5.09. The molecule has 0 heterocycles. The fraction of sp³-hybridized carbons (Fsp3) is 0.455. The van der Waals surface area contributed by atoms with Crippen LogP contribution in [0.3, 0.4) is 0 Å². The van der Waals surface area contributed by atoms with E-state index >= 15 is 0 Å². The first kappa shape index (κ1) is 11.9. The SMILES string of the molecule is CC(C)C(N)C(N)c1ccccc1I. The Bertz CT molecular complexity index is 299. The van der Waals surface area contributed by atoms with E-state index in [1.165, 1.54) is 3.57 Å². The monoisotopic (exact) mass is 304 g/mol. The van der Waals surface area contributed by atoms with Crippen LogP contribution in [-0.4, -0.2) is 6.04 Å². The molecular weight excluding hydrogens is 287 g/mol. The van der Waals surface area contributed by atoms with Crippen molar-refractivity contribution in [1.82, 2.24) is 0 Å². The summed E-state index contributed by atoms with van der Waals surface area (Å²) in [4.78, 5) is 0. The largest absolute Gasteiger partial charge is 0.326 e. The minimum absolute atomic E-state index is 0.0194. The van der Waals surface area contributed by atoms with Gasteiger partial charge in [-0.25, -0.2) is 0 Å². The number of hydrogen-bond donors (Lipinski definition) is 2. The molecule has 0 aliphatic rings. The average Bonchev–Trinajstić information content (AvgIpc) is 2.16. The van der Waals surface area contributed by atoms with E-state index in [9.17, 15) is 0 Å². The molecule has 1 rings (SSSR count). The Balaban J connectivity index is 2.89. The summed E-state index contributed by atoms with van der Waals surface area (Å²) in [5.74, 6) is 0.404. The van der Waals surface area contributed by atoms with E-state index in [1.54, 1.807) is 0 Å². The van der Waals surface area contributed by atoms with Gasteiger partial charge in [-0.3, -0.25) is 0 Å². The van der Waals surface area contributed by atoms with E-state index in [-0.39, 0.29) is 12.1 Å². The highest BCUT2D eigenvalue weighted by Crippen LogP contribution is 2.22. The molecule has 2 nitrogen and oxygen atoms in total. The lowest BCUT2D eigenvalue weighted by atomic mass is 9.93. The topological polar surface area (TPSA) is 52.0 Å². The molecule has 0 spiro atoms. The third kappa shape index (κ3) is 2.68. The average molecular weight is 304 g/mol. The summed E-state index contributed by atoms with van der Waals surface area (Å²) in [6, 6.07) is 8.08. The van der Waals surface area contributed by atoms with Crippen molar-refractivity contribution in [3.8, 4) is 0 Å². The first-order valence-electron chi connectivity index (χ1n) is 4.79. The molecular formula is C11H17IN2. The summed E-state index contributed by atoms with van der Waals surface area (Å²) in [5.41, 5.74) is 13.3. The van der Waals surface area contributed by atoms with Crippen LogP contribution in [0.4, 0.5) is 0 Å². The maximum atomic E-state index is 6.11. The molecule has 1 aromatic carbocycles. The number of halogens is 1. The molecule has 2 atom stereocenters. The van der Waals surface area contributed by atoms with Crippen LogP contribution >= 0.6 is 22.6 Å². The van der Waals surface area contributed by atoms with Gasteiger partial charge in [-0.1, -0.05) is 32.0 Å². The van der Waals surface area contributed by atoms with Crippen LogP contribution < -0.4 is 11.5 Å². The van der Waals surface area contributed by atoms with Gasteiger partial charge in [0.25, 0.3) is 0 Å². The van der Waals surface area contributed by atoms with Gasteiger partial charge < -0.3 is 11.5 Å². The van der Waals surface area contributed by atoms with Gasteiger partial charge >= 0.3 is 0 Å². The maximum Gasteiger partial charge on any atom is 0.0461 e. The van der Waals surface area contributed by atoms with Crippen molar-refractivity contribution in [3.63, 3.8) is 0 Å². The van der Waals surface area contributed by atoms with Crippen LogP contribution in [0.1, 0.15) is 25.5 Å². The van der Waals surface area contributed by atoms with E-state index in [0.717, 1.165) is 5.56 Å². The number of nitrogens with two attached hydrogens (primary N) is 2. The van der Waals surface area contributed by atoms with Crippen molar-refractivity contribution >= 4 is 22.6 Å². The third-order valence-electron chi connectivity index (χ3n) is 2.45. The Morgan fingerprint density at radius 3 is 2.21 bits per heavy atom. The molecule has 0 saturated carbocycles. The molecule has 0 aliphatic heterocycles. The lowest BCUT2D eigenvalue weighted by Crippen LogP contribution is -2.38. The standard InChI is InChI=1S/C11H17IN2/c1-7(2)10(13)11(14)8-5-3-4-6-9(8)12/h3-7,10-11H,13-14H2,1-2H3. The Kier molecular flexibility index (Phi) is 4.34. The number of benzene rings is 1. The highest BCUT2D eigenvalue weighted by molar-refractivity contribution is 14.1. The van der Waals surface area contributed by atoms with Crippen LogP contribution in [0.15, 0.2) is 24.3 Å². The van der Waals surface area contributed by atoms with Gasteiger partial charge in [0.05, 0.1) is 0 Å². The van der Waals surface area contributed by atoms with Crippen LogP contribution in [0.25, 0.3) is 0 Å².